The molecule has 0 bridgehead atoms. The Balaban J connectivity index is 1.50. The Hall–Kier alpha value is -2.51. The van der Waals surface area contributed by atoms with Gasteiger partial charge in [-0.05, 0) is 61.1 Å². The second-order valence-electron chi connectivity index (χ2n) is 6.70. The zero-order valence-electron chi connectivity index (χ0n) is 16.1. The molecule has 0 spiro atoms. The summed E-state index contributed by atoms with van der Waals surface area (Å²) in [5.41, 5.74) is 2.42. The Morgan fingerprint density at radius 3 is 2.29 bits per heavy atom. The van der Waals surface area contributed by atoms with E-state index in [1.807, 2.05) is 18.4 Å². The van der Waals surface area contributed by atoms with Crippen molar-refractivity contribution in [1.82, 2.24) is 4.90 Å². The number of urea groups is 1. The van der Waals surface area contributed by atoms with Gasteiger partial charge in [0.05, 0.1) is 0 Å². The van der Waals surface area contributed by atoms with Gasteiger partial charge < -0.3 is 20.3 Å². The van der Waals surface area contributed by atoms with Crippen LogP contribution in [-0.2, 0) is 16.1 Å². The highest BCUT2D eigenvalue weighted by molar-refractivity contribution is 7.98. The maximum Gasteiger partial charge on any atom is 0.321 e. The van der Waals surface area contributed by atoms with E-state index in [1.165, 1.54) is 4.90 Å². The van der Waals surface area contributed by atoms with Crippen molar-refractivity contribution in [1.29, 1.82) is 0 Å². The molecule has 6 nitrogen and oxygen atoms in total. The zero-order chi connectivity index (χ0) is 19.9. The number of thioether (sulfide) groups is 1. The number of carbonyl (C=O) groups excluding carboxylic acids is 2. The van der Waals surface area contributed by atoms with E-state index in [9.17, 15) is 9.59 Å². The molecular formula is C21H25N3O3S. The summed E-state index contributed by atoms with van der Waals surface area (Å²) in [7, 11) is 1.76. The predicted molar refractivity (Wildman–Crippen MR) is 113 cm³/mol. The third-order valence-electron chi connectivity index (χ3n) is 4.55. The molecule has 28 heavy (non-hydrogen) atoms. The van der Waals surface area contributed by atoms with Gasteiger partial charge in [-0.1, -0.05) is 12.1 Å². The molecule has 1 aliphatic heterocycles. The maximum absolute atomic E-state index is 12.4. The van der Waals surface area contributed by atoms with Gasteiger partial charge >= 0.3 is 6.03 Å². The van der Waals surface area contributed by atoms with E-state index < -0.39 is 0 Å². The van der Waals surface area contributed by atoms with Crippen molar-refractivity contribution in [3.63, 3.8) is 0 Å². The highest BCUT2D eigenvalue weighted by Crippen LogP contribution is 2.18. The lowest BCUT2D eigenvalue weighted by Crippen LogP contribution is -2.30. The van der Waals surface area contributed by atoms with E-state index in [0.717, 1.165) is 18.4 Å². The molecule has 0 aromatic heterocycles. The fourth-order valence-electron chi connectivity index (χ4n) is 2.94. The molecule has 2 aromatic rings. The normalized spacial score (nSPS) is 15.9. The molecule has 7 heteroatoms. The Morgan fingerprint density at radius 2 is 1.71 bits per heavy atom. The van der Waals surface area contributed by atoms with E-state index in [1.54, 1.807) is 48.0 Å². The minimum atomic E-state index is -0.363. The number of benzene rings is 2. The summed E-state index contributed by atoms with van der Waals surface area (Å²) >= 11 is 1.69. The molecule has 1 heterocycles. The first-order valence-corrected chi connectivity index (χ1v) is 10.5. The van der Waals surface area contributed by atoms with Crippen molar-refractivity contribution in [3.8, 4) is 0 Å². The van der Waals surface area contributed by atoms with Crippen molar-refractivity contribution in [2.75, 3.05) is 30.5 Å². The SMILES string of the molecule is CSc1ccc(CN(C)C(=O)Nc2ccc(NC(=O)[C@@H]3CCCO3)cc2)cc1. The molecule has 0 unspecified atom stereocenters. The van der Waals surface area contributed by atoms with Crippen LogP contribution in [0.5, 0.6) is 0 Å². The number of hydrogen-bond donors (Lipinski definition) is 2. The van der Waals surface area contributed by atoms with E-state index in [4.69, 9.17) is 4.74 Å². The van der Waals surface area contributed by atoms with Gasteiger partial charge in [0, 0.05) is 36.5 Å². The van der Waals surface area contributed by atoms with Gasteiger partial charge in [0.15, 0.2) is 0 Å². The molecule has 1 fully saturated rings. The lowest BCUT2D eigenvalue weighted by atomic mass is 10.2. The van der Waals surface area contributed by atoms with Crippen LogP contribution in [0.3, 0.4) is 0 Å². The number of nitrogens with one attached hydrogen (secondary N) is 2. The van der Waals surface area contributed by atoms with Crippen LogP contribution in [0.25, 0.3) is 0 Å². The van der Waals surface area contributed by atoms with Crippen LogP contribution in [0, 0.1) is 0 Å². The standard InChI is InChI=1S/C21H25N3O3S/c1-24(14-15-5-11-18(28-2)12-6-15)21(26)23-17-9-7-16(8-10-17)22-20(25)19-4-3-13-27-19/h5-12,19H,3-4,13-14H2,1-2H3,(H,22,25)(H,23,26)/t19-/m0/s1. The Kier molecular flexibility index (Phi) is 6.95. The van der Waals surface area contributed by atoms with Gasteiger partial charge in [0.25, 0.3) is 5.91 Å². The molecule has 148 valence electrons. The molecular weight excluding hydrogens is 374 g/mol. The summed E-state index contributed by atoms with van der Waals surface area (Å²) in [5.74, 6) is -0.124. The van der Waals surface area contributed by atoms with Crippen LogP contribution in [0.15, 0.2) is 53.4 Å². The molecule has 3 rings (SSSR count). The zero-order valence-corrected chi connectivity index (χ0v) is 16.9. The highest BCUT2D eigenvalue weighted by Gasteiger charge is 2.23. The predicted octanol–water partition coefficient (Wildman–Crippen LogP) is 4.19. The molecule has 0 radical (unpaired) electrons. The maximum atomic E-state index is 12.4. The van der Waals surface area contributed by atoms with E-state index in [2.05, 4.69) is 22.8 Å². The number of ether oxygens (including phenoxy) is 1. The monoisotopic (exact) mass is 399 g/mol. The first-order valence-electron chi connectivity index (χ1n) is 9.23. The van der Waals surface area contributed by atoms with Gasteiger partial charge in [0.1, 0.15) is 6.10 Å². The molecule has 0 aliphatic carbocycles. The van der Waals surface area contributed by atoms with Crippen molar-refractivity contribution < 1.29 is 14.3 Å². The van der Waals surface area contributed by atoms with E-state index >= 15 is 0 Å². The second-order valence-corrected chi connectivity index (χ2v) is 7.58. The number of carbonyl (C=O) groups is 2. The minimum absolute atomic E-state index is 0.124. The summed E-state index contributed by atoms with van der Waals surface area (Å²) in [5, 5.41) is 5.71. The number of nitrogens with zero attached hydrogens (tertiary/aromatic N) is 1. The molecule has 1 saturated heterocycles. The van der Waals surface area contributed by atoms with Crippen molar-refractivity contribution in [2.45, 2.75) is 30.4 Å². The lowest BCUT2D eigenvalue weighted by Gasteiger charge is -2.18. The Labute approximate surface area is 169 Å². The van der Waals surface area contributed by atoms with Gasteiger partial charge in [0.2, 0.25) is 0 Å². The van der Waals surface area contributed by atoms with Crippen LogP contribution in [-0.4, -0.2) is 42.9 Å². The number of amides is 3. The Bertz CT molecular complexity index is 803. The molecule has 2 aromatic carbocycles. The van der Waals surface area contributed by atoms with Crippen LogP contribution in [0.1, 0.15) is 18.4 Å². The summed E-state index contributed by atoms with van der Waals surface area (Å²) in [6, 6.07) is 15.0. The third-order valence-corrected chi connectivity index (χ3v) is 5.29. The third kappa shape index (κ3) is 5.50. The van der Waals surface area contributed by atoms with Crippen molar-refractivity contribution in [3.05, 3.63) is 54.1 Å². The fourth-order valence-corrected chi connectivity index (χ4v) is 3.35. The van der Waals surface area contributed by atoms with E-state index in [0.29, 0.717) is 24.5 Å². The highest BCUT2D eigenvalue weighted by atomic mass is 32.2. The molecule has 3 amide bonds. The first kappa shape index (κ1) is 20.2. The van der Waals surface area contributed by atoms with Crippen LogP contribution in [0.2, 0.25) is 0 Å². The largest absolute Gasteiger partial charge is 0.368 e. The fraction of sp³-hybridized carbons (Fsp3) is 0.333. The van der Waals surface area contributed by atoms with Crippen molar-refractivity contribution in [2.24, 2.45) is 0 Å². The van der Waals surface area contributed by atoms with Crippen LogP contribution < -0.4 is 10.6 Å². The van der Waals surface area contributed by atoms with Crippen LogP contribution in [0.4, 0.5) is 16.2 Å². The molecule has 0 saturated carbocycles. The lowest BCUT2D eigenvalue weighted by molar-refractivity contribution is -0.124. The van der Waals surface area contributed by atoms with Gasteiger partial charge in [-0.3, -0.25) is 4.79 Å². The van der Waals surface area contributed by atoms with Crippen LogP contribution >= 0.6 is 11.8 Å². The summed E-state index contributed by atoms with van der Waals surface area (Å²) in [4.78, 5) is 27.3. The van der Waals surface area contributed by atoms with E-state index in [-0.39, 0.29) is 18.0 Å². The smallest absolute Gasteiger partial charge is 0.321 e. The minimum Gasteiger partial charge on any atom is -0.368 e. The molecule has 2 N–H and O–H groups in total. The average Bonchev–Trinajstić information content (AvgIpc) is 3.25. The quantitative estimate of drug-likeness (QED) is 0.715. The number of anilines is 2. The molecule has 1 atom stereocenters. The first-order chi connectivity index (χ1) is 13.5. The van der Waals surface area contributed by atoms with Gasteiger partial charge in [-0.2, -0.15) is 0 Å². The van der Waals surface area contributed by atoms with Gasteiger partial charge in [-0.25, -0.2) is 4.79 Å². The number of hydrogen-bond acceptors (Lipinski definition) is 4. The van der Waals surface area contributed by atoms with Gasteiger partial charge in [-0.15, -0.1) is 11.8 Å². The summed E-state index contributed by atoms with van der Waals surface area (Å²) < 4.78 is 5.38. The Morgan fingerprint density at radius 1 is 1.07 bits per heavy atom. The average molecular weight is 400 g/mol. The summed E-state index contributed by atoms with van der Waals surface area (Å²) in [6.07, 6.45) is 3.34. The van der Waals surface area contributed by atoms with Crippen molar-refractivity contribution >= 4 is 35.1 Å². The summed E-state index contributed by atoms with van der Waals surface area (Å²) in [6.45, 7) is 1.16. The molecule has 1 aliphatic rings. The topological polar surface area (TPSA) is 70.7 Å². The second kappa shape index (κ2) is 9.61. The number of rotatable bonds is 6.